The number of likely N-dealkylation sites (tertiary alicyclic amines) is 1. The van der Waals surface area contributed by atoms with Crippen LogP contribution in [0.4, 0.5) is 4.39 Å². The van der Waals surface area contributed by atoms with E-state index in [1.165, 1.54) is 18.2 Å². The van der Waals surface area contributed by atoms with Gasteiger partial charge in [0.25, 0.3) is 5.91 Å². The van der Waals surface area contributed by atoms with Gasteiger partial charge in [-0.15, -0.1) is 0 Å². The number of β-amino-alcohol motifs (C(OH)–C–C–N with tert-alkyl or cyclic N) is 1. The summed E-state index contributed by atoms with van der Waals surface area (Å²) in [6.45, 7) is 6.30. The number of carbonyl (C=O) groups excluding carboxylic acids is 1. The lowest BCUT2D eigenvalue weighted by atomic mass is 9.81. The van der Waals surface area contributed by atoms with Crippen molar-refractivity contribution in [3.05, 3.63) is 65.5 Å². The molecule has 4 rings (SSSR count). The zero-order chi connectivity index (χ0) is 21.4. The van der Waals surface area contributed by atoms with E-state index in [0.29, 0.717) is 25.4 Å². The van der Waals surface area contributed by atoms with Crippen LogP contribution in [0.5, 0.6) is 5.75 Å². The quantitative estimate of drug-likeness (QED) is 0.809. The molecule has 0 aromatic heterocycles. The monoisotopic (exact) mass is 412 g/mol. The van der Waals surface area contributed by atoms with Crippen molar-refractivity contribution in [2.24, 2.45) is 5.92 Å². The van der Waals surface area contributed by atoms with E-state index in [4.69, 9.17) is 4.74 Å². The Morgan fingerprint density at radius 2 is 2.03 bits per heavy atom. The van der Waals surface area contributed by atoms with Crippen LogP contribution in [-0.2, 0) is 5.60 Å². The van der Waals surface area contributed by atoms with Crippen molar-refractivity contribution in [1.82, 2.24) is 10.2 Å². The van der Waals surface area contributed by atoms with Gasteiger partial charge in [-0.1, -0.05) is 44.2 Å². The number of hydrogen-bond donors (Lipinski definition) is 2. The lowest BCUT2D eigenvalue weighted by Crippen LogP contribution is -2.59. The summed E-state index contributed by atoms with van der Waals surface area (Å²) in [5, 5.41) is 14.5. The Labute approximate surface area is 176 Å². The highest BCUT2D eigenvalue weighted by Crippen LogP contribution is 2.36. The zero-order valence-corrected chi connectivity index (χ0v) is 17.5. The predicted molar refractivity (Wildman–Crippen MR) is 113 cm³/mol. The number of piperidine rings is 1. The van der Waals surface area contributed by atoms with Gasteiger partial charge in [0, 0.05) is 13.1 Å². The van der Waals surface area contributed by atoms with Crippen LogP contribution in [0.2, 0.25) is 0 Å². The number of ether oxygens (including phenoxy) is 1. The molecule has 0 radical (unpaired) electrons. The van der Waals surface area contributed by atoms with Crippen LogP contribution in [0.25, 0.3) is 0 Å². The molecule has 2 heterocycles. The zero-order valence-electron chi connectivity index (χ0n) is 17.5. The molecule has 2 aromatic carbocycles. The van der Waals surface area contributed by atoms with E-state index in [-0.39, 0.29) is 17.4 Å². The van der Waals surface area contributed by atoms with Crippen LogP contribution in [0, 0.1) is 11.7 Å². The van der Waals surface area contributed by atoms with E-state index in [1.807, 2.05) is 44.2 Å². The maximum Gasteiger partial charge on any atom is 0.255 e. The van der Waals surface area contributed by atoms with Gasteiger partial charge in [0.1, 0.15) is 22.8 Å². The largest absolute Gasteiger partial charge is 0.483 e. The normalized spacial score (nSPS) is 24.0. The van der Waals surface area contributed by atoms with Crippen molar-refractivity contribution in [2.45, 2.75) is 37.9 Å². The molecular weight excluding hydrogens is 383 g/mol. The van der Waals surface area contributed by atoms with Crippen LogP contribution in [0.3, 0.4) is 0 Å². The molecule has 2 N–H and O–H groups in total. The van der Waals surface area contributed by atoms with Crippen LogP contribution in [0.15, 0.2) is 48.5 Å². The summed E-state index contributed by atoms with van der Waals surface area (Å²) in [4.78, 5) is 14.7. The molecular formula is C24H29FN2O3. The summed E-state index contributed by atoms with van der Waals surface area (Å²) < 4.78 is 20.0. The maximum atomic E-state index is 13.6. The lowest BCUT2D eigenvalue weighted by Gasteiger charge is -2.45. The number of fused-ring (bicyclic) bond motifs is 1. The van der Waals surface area contributed by atoms with Gasteiger partial charge < -0.3 is 15.2 Å². The van der Waals surface area contributed by atoms with E-state index in [9.17, 15) is 14.3 Å². The minimum absolute atomic E-state index is 0.0243. The molecule has 2 aromatic rings. The first-order chi connectivity index (χ1) is 14.3. The van der Waals surface area contributed by atoms with Crippen molar-refractivity contribution in [1.29, 1.82) is 0 Å². The Kier molecular flexibility index (Phi) is 5.55. The summed E-state index contributed by atoms with van der Waals surface area (Å²) in [5.74, 6) is -0.341. The molecule has 0 aliphatic carbocycles. The van der Waals surface area contributed by atoms with E-state index in [2.05, 4.69) is 10.2 Å². The second-order valence-electron chi connectivity index (χ2n) is 8.87. The minimum Gasteiger partial charge on any atom is -0.483 e. The molecule has 2 aliphatic rings. The molecule has 6 heteroatoms. The number of halogens is 1. The van der Waals surface area contributed by atoms with Gasteiger partial charge >= 0.3 is 0 Å². The van der Waals surface area contributed by atoms with E-state index in [0.717, 1.165) is 24.9 Å². The topological polar surface area (TPSA) is 61.8 Å². The molecule has 1 unspecified atom stereocenters. The van der Waals surface area contributed by atoms with Crippen molar-refractivity contribution in [2.75, 3.05) is 26.2 Å². The van der Waals surface area contributed by atoms with Crippen molar-refractivity contribution in [3.8, 4) is 5.75 Å². The number of nitrogens with one attached hydrogen (secondary N) is 1. The molecule has 0 bridgehead atoms. The third-order valence-electron chi connectivity index (χ3n) is 6.40. The molecule has 1 amide bonds. The van der Waals surface area contributed by atoms with Crippen LogP contribution >= 0.6 is 0 Å². The Hall–Kier alpha value is -2.44. The number of amides is 1. The van der Waals surface area contributed by atoms with Crippen molar-refractivity contribution in [3.63, 3.8) is 0 Å². The predicted octanol–water partition coefficient (Wildman–Crippen LogP) is 3.33. The molecule has 30 heavy (non-hydrogen) atoms. The Balaban J connectivity index is 1.58. The van der Waals surface area contributed by atoms with Crippen LogP contribution in [-0.4, -0.2) is 47.7 Å². The summed E-state index contributed by atoms with van der Waals surface area (Å²) in [6, 6.07) is 13.8. The Morgan fingerprint density at radius 3 is 2.77 bits per heavy atom. The molecule has 1 fully saturated rings. The van der Waals surface area contributed by atoms with E-state index in [1.54, 1.807) is 0 Å². The lowest BCUT2D eigenvalue weighted by molar-refractivity contribution is -0.0724. The van der Waals surface area contributed by atoms with E-state index < -0.39 is 17.0 Å². The molecule has 160 valence electrons. The fourth-order valence-corrected chi connectivity index (χ4v) is 4.60. The molecule has 2 atom stereocenters. The SMILES string of the molecule is CC(C)C(O)(CN1CCC[C@@]2(CNC(=O)c3cc(F)ccc3O2)C1)c1ccccc1. The smallest absolute Gasteiger partial charge is 0.255 e. The third kappa shape index (κ3) is 3.94. The average Bonchev–Trinajstić information content (AvgIpc) is 2.86. The number of carbonyl (C=O) groups is 1. The summed E-state index contributed by atoms with van der Waals surface area (Å²) in [6.07, 6.45) is 1.67. The third-order valence-corrected chi connectivity index (χ3v) is 6.40. The fraction of sp³-hybridized carbons (Fsp3) is 0.458. The number of hydrogen-bond acceptors (Lipinski definition) is 4. The fourth-order valence-electron chi connectivity index (χ4n) is 4.60. The van der Waals surface area contributed by atoms with Gasteiger partial charge in [-0.05, 0) is 49.1 Å². The first kappa shape index (κ1) is 20.8. The second-order valence-corrected chi connectivity index (χ2v) is 8.87. The maximum absolute atomic E-state index is 13.6. The number of aliphatic hydroxyl groups is 1. The van der Waals surface area contributed by atoms with E-state index >= 15 is 0 Å². The first-order valence-corrected chi connectivity index (χ1v) is 10.6. The first-order valence-electron chi connectivity index (χ1n) is 10.6. The molecule has 1 saturated heterocycles. The van der Waals surface area contributed by atoms with Crippen LogP contribution in [0.1, 0.15) is 42.6 Å². The summed E-state index contributed by atoms with van der Waals surface area (Å²) in [7, 11) is 0. The van der Waals surface area contributed by atoms with Crippen molar-refractivity contribution < 1.29 is 19.0 Å². The Bertz CT molecular complexity index is 920. The van der Waals surface area contributed by atoms with Gasteiger partial charge in [0.2, 0.25) is 0 Å². The van der Waals surface area contributed by atoms with Crippen molar-refractivity contribution >= 4 is 5.91 Å². The van der Waals surface area contributed by atoms with Crippen LogP contribution < -0.4 is 10.1 Å². The molecule has 0 saturated carbocycles. The van der Waals surface area contributed by atoms with Gasteiger partial charge in [-0.2, -0.15) is 0 Å². The summed E-state index contributed by atoms with van der Waals surface area (Å²) >= 11 is 0. The highest BCUT2D eigenvalue weighted by Gasteiger charge is 2.44. The number of rotatable bonds is 4. The average molecular weight is 413 g/mol. The van der Waals surface area contributed by atoms with Gasteiger partial charge in [0.15, 0.2) is 0 Å². The van der Waals surface area contributed by atoms with Gasteiger partial charge in [0.05, 0.1) is 12.1 Å². The summed E-state index contributed by atoms with van der Waals surface area (Å²) in [5.41, 5.74) is -0.470. The molecule has 5 nitrogen and oxygen atoms in total. The standard InChI is InChI=1S/C24H29FN2O3/c1-17(2)24(29,18-7-4-3-5-8-18)16-27-12-6-11-23(15-27)14-26-22(28)20-13-19(25)9-10-21(20)30-23/h3-5,7-10,13,17,29H,6,11-12,14-16H2,1-2H3,(H,26,28)/t23-,24?/m1/s1. The highest BCUT2D eigenvalue weighted by molar-refractivity contribution is 5.97. The number of benzene rings is 2. The number of nitrogens with zero attached hydrogens (tertiary/aromatic N) is 1. The van der Waals surface area contributed by atoms with Gasteiger partial charge in [-0.25, -0.2) is 4.39 Å². The van der Waals surface area contributed by atoms with Gasteiger partial charge in [-0.3, -0.25) is 9.69 Å². The Morgan fingerprint density at radius 1 is 1.27 bits per heavy atom. The highest BCUT2D eigenvalue weighted by atomic mass is 19.1. The molecule has 2 aliphatic heterocycles. The second kappa shape index (κ2) is 8.00. The minimum atomic E-state index is -0.991. The molecule has 1 spiro atoms.